The maximum Gasteiger partial charge on any atom is 0.175 e. The number of aryl methyl sites for hydroxylation is 1. The van der Waals surface area contributed by atoms with Gasteiger partial charge in [0.2, 0.25) is 0 Å². The largest absolute Gasteiger partial charge is 0.332 e. The summed E-state index contributed by atoms with van der Waals surface area (Å²) >= 11 is 5.38. The summed E-state index contributed by atoms with van der Waals surface area (Å²) < 4.78 is 15.2. The lowest BCUT2D eigenvalue weighted by Gasteiger charge is -2.11. The third-order valence-electron chi connectivity index (χ3n) is 3.87. The minimum Gasteiger partial charge on any atom is -0.332 e. The molecule has 0 atom stereocenters. The van der Waals surface area contributed by atoms with Gasteiger partial charge < -0.3 is 10.6 Å². The molecule has 0 saturated carbocycles. The Morgan fingerprint density at radius 3 is 2.56 bits per heavy atom. The molecule has 2 N–H and O–H groups in total. The standard InChI is InChI=1S/C19H19FN4S/c1-13-18(22-19(25)21-17-9-4-3-5-10-17)14(2)24(23-13)12-15-7-6-8-16(20)11-15/h3-11H,12H2,1-2H3,(H2,21,22,25). The third kappa shape index (κ3) is 4.22. The second kappa shape index (κ2) is 7.44. The predicted molar refractivity (Wildman–Crippen MR) is 103 cm³/mol. The number of para-hydroxylation sites is 1. The zero-order valence-corrected chi connectivity index (χ0v) is 14.9. The van der Waals surface area contributed by atoms with E-state index in [0.717, 1.165) is 28.3 Å². The summed E-state index contributed by atoms with van der Waals surface area (Å²) in [5.41, 5.74) is 4.43. The summed E-state index contributed by atoms with van der Waals surface area (Å²) in [6.07, 6.45) is 0. The Bertz CT molecular complexity index is 890. The summed E-state index contributed by atoms with van der Waals surface area (Å²) in [5.74, 6) is -0.245. The van der Waals surface area contributed by atoms with Gasteiger partial charge in [0.25, 0.3) is 0 Å². The van der Waals surface area contributed by atoms with Gasteiger partial charge in [0.1, 0.15) is 5.82 Å². The Morgan fingerprint density at radius 2 is 1.84 bits per heavy atom. The van der Waals surface area contributed by atoms with Crippen LogP contribution in [0.15, 0.2) is 54.6 Å². The number of halogens is 1. The van der Waals surface area contributed by atoms with Gasteiger partial charge in [0.05, 0.1) is 23.6 Å². The average Bonchev–Trinajstić information content (AvgIpc) is 2.83. The zero-order chi connectivity index (χ0) is 17.8. The van der Waals surface area contributed by atoms with Crippen molar-refractivity contribution in [1.29, 1.82) is 0 Å². The number of nitrogens with one attached hydrogen (secondary N) is 2. The third-order valence-corrected chi connectivity index (χ3v) is 4.08. The van der Waals surface area contributed by atoms with Crippen LogP contribution >= 0.6 is 12.2 Å². The molecule has 1 heterocycles. The van der Waals surface area contributed by atoms with Gasteiger partial charge in [-0.2, -0.15) is 5.10 Å². The molecule has 0 radical (unpaired) electrons. The fourth-order valence-corrected chi connectivity index (χ4v) is 2.86. The van der Waals surface area contributed by atoms with E-state index < -0.39 is 0 Å². The van der Waals surface area contributed by atoms with Crippen LogP contribution in [0.2, 0.25) is 0 Å². The maximum atomic E-state index is 13.4. The van der Waals surface area contributed by atoms with Gasteiger partial charge in [-0.15, -0.1) is 0 Å². The number of aromatic nitrogens is 2. The quantitative estimate of drug-likeness (QED) is 0.677. The van der Waals surface area contributed by atoms with Crippen LogP contribution in [-0.2, 0) is 6.54 Å². The zero-order valence-electron chi connectivity index (χ0n) is 14.1. The van der Waals surface area contributed by atoms with E-state index in [1.165, 1.54) is 12.1 Å². The first-order valence-electron chi connectivity index (χ1n) is 7.94. The average molecular weight is 354 g/mol. The Kier molecular flexibility index (Phi) is 5.09. The lowest BCUT2D eigenvalue weighted by molar-refractivity contribution is 0.616. The number of anilines is 2. The highest BCUT2D eigenvalue weighted by atomic mass is 32.1. The SMILES string of the molecule is Cc1nn(Cc2cccc(F)c2)c(C)c1NC(=S)Nc1ccccc1. The lowest BCUT2D eigenvalue weighted by Crippen LogP contribution is -2.19. The summed E-state index contributed by atoms with van der Waals surface area (Å²) in [4.78, 5) is 0. The number of hydrogen-bond acceptors (Lipinski definition) is 2. The van der Waals surface area contributed by atoms with Gasteiger partial charge in [-0.25, -0.2) is 4.39 Å². The first-order valence-corrected chi connectivity index (χ1v) is 8.35. The van der Waals surface area contributed by atoms with Gasteiger partial charge in [-0.05, 0) is 55.9 Å². The van der Waals surface area contributed by atoms with Gasteiger partial charge in [-0.1, -0.05) is 30.3 Å². The van der Waals surface area contributed by atoms with Crippen LogP contribution in [0, 0.1) is 19.7 Å². The maximum absolute atomic E-state index is 13.4. The molecule has 3 rings (SSSR count). The van der Waals surface area contributed by atoms with E-state index in [1.807, 2.05) is 54.9 Å². The highest BCUT2D eigenvalue weighted by Gasteiger charge is 2.13. The van der Waals surface area contributed by atoms with Gasteiger partial charge in [0, 0.05) is 5.69 Å². The van der Waals surface area contributed by atoms with Crippen molar-refractivity contribution in [2.75, 3.05) is 10.6 Å². The van der Waals surface area contributed by atoms with Crippen LogP contribution in [0.4, 0.5) is 15.8 Å². The van der Waals surface area contributed by atoms with Gasteiger partial charge >= 0.3 is 0 Å². The molecule has 0 fully saturated rings. The van der Waals surface area contributed by atoms with Crippen LogP contribution in [0.3, 0.4) is 0 Å². The van der Waals surface area contributed by atoms with Crippen molar-refractivity contribution in [1.82, 2.24) is 9.78 Å². The molecule has 0 aliphatic carbocycles. The lowest BCUT2D eigenvalue weighted by atomic mass is 10.2. The molecule has 0 aliphatic heterocycles. The fraction of sp³-hybridized carbons (Fsp3) is 0.158. The summed E-state index contributed by atoms with van der Waals surface area (Å²) in [6, 6.07) is 16.3. The Morgan fingerprint density at radius 1 is 1.08 bits per heavy atom. The van der Waals surface area contributed by atoms with E-state index in [1.54, 1.807) is 6.07 Å². The number of rotatable bonds is 4. The van der Waals surface area contributed by atoms with Crippen molar-refractivity contribution < 1.29 is 4.39 Å². The highest BCUT2D eigenvalue weighted by Crippen LogP contribution is 2.21. The molecule has 6 heteroatoms. The van der Waals surface area contributed by atoms with E-state index in [4.69, 9.17) is 12.2 Å². The normalized spacial score (nSPS) is 10.5. The first-order chi connectivity index (χ1) is 12.0. The molecule has 0 spiro atoms. The van der Waals surface area contributed by atoms with Crippen molar-refractivity contribution in [2.45, 2.75) is 20.4 Å². The van der Waals surface area contributed by atoms with Crippen LogP contribution in [0.1, 0.15) is 17.0 Å². The topological polar surface area (TPSA) is 41.9 Å². The molecular formula is C19H19FN4S. The van der Waals surface area contributed by atoms with E-state index in [0.29, 0.717) is 11.7 Å². The number of thiocarbonyl (C=S) groups is 1. The van der Waals surface area contributed by atoms with Crippen LogP contribution < -0.4 is 10.6 Å². The molecule has 3 aromatic rings. The van der Waals surface area contributed by atoms with Gasteiger partial charge in [0.15, 0.2) is 5.11 Å². The smallest absolute Gasteiger partial charge is 0.175 e. The molecule has 0 bridgehead atoms. The van der Waals surface area contributed by atoms with Crippen molar-refractivity contribution in [2.24, 2.45) is 0 Å². The van der Waals surface area contributed by atoms with E-state index >= 15 is 0 Å². The molecule has 0 aliphatic rings. The first kappa shape index (κ1) is 17.1. The molecule has 0 unspecified atom stereocenters. The Hall–Kier alpha value is -2.73. The second-order valence-corrected chi connectivity index (χ2v) is 6.19. The molecule has 128 valence electrons. The Labute approximate surface area is 151 Å². The molecule has 1 aromatic heterocycles. The second-order valence-electron chi connectivity index (χ2n) is 5.78. The monoisotopic (exact) mass is 354 g/mol. The van der Waals surface area contributed by atoms with Crippen LogP contribution in [0.25, 0.3) is 0 Å². The predicted octanol–water partition coefficient (Wildman–Crippen LogP) is 4.50. The minimum absolute atomic E-state index is 0.245. The molecule has 2 aromatic carbocycles. The number of benzene rings is 2. The van der Waals surface area contributed by atoms with Crippen LogP contribution in [-0.4, -0.2) is 14.9 Å². The summed E-state index contributed by atoms with van der Waals surface area (Å²) in [7, 11) is 0. The van der Waals surface area contributed by atoms with E-state index in [9.17, 15) is 4.39 Å². The van der Waals surface area contributed by atoms with Gasteiger partial charge in [-0.3, -0.25) is 4.68 Å². The number of hydrogen-bond donors (Lipinski definition) is 2. The highest BCUT2D eigenvalue weighted by molar-refractivity contribution is 7.80. The fourth-order valence-electron chi connectivity index (χ4n) is 2.64. The Balaban J connectivity index is 1.74. The number of nitrogens with zero attached hydrogens (tertiary/aromatic N) is 2. The molecule has 25 heavy (non-hydrogen) atoms. The van der Waals surface area contributed by atoms with Crippen molar-refractivity contribution >= 4 is 28.7 Å². The van der Waals surface area contributed by atoms with Crippen molar-refractivity contribution in [3.05, 3.63) is 77.4 Å². The molecule has 0 amide bonds. The summed E-state index contributed by atoms with van der Waals surface area (Å²) in [5, 5.41) is 11.4. The van der Waals surface area contributed by atoms with E-state index in [2.05, 4.69) is 15.7 Å². The minimum atomic E-state index is -0.245. The van der Waals surface area contributed by atoms with Crippen molar-refractivity contribution in [3.8, 4) is 0 Å². The molecular weight excluding hydrogens is 335 g/mol. The molecule has 4 nitrogen and oxygen atoms in total. The summed E-state index contributed by atoms with van der Waals surface area (Å²) in [6.45, 7) is 4.39. The van der Waals surface area contributed by atoms with Crippen molar-refractivity contribution in [3.63, 3.8) is 0 Å². The molecule has 0 saturated heterocycles. The van der Waals surface area contributed by atoms with Crippen LogP contribution in [0.5, 0.6) is 0 Å². The van der Waals surface area contributed by atoms with E-state index in [-0.39, 0.29) is 5.82 Å².